The normalized spacial score (nSPS) is 27.3. The van der Waals surface area contributed by atoms with Gasteiger partial charge in [0.2, 0.25) is 0 Å². The number of anilines is 2. The first kappa shape index (κ1) is 28.7. The fraction of sp³-hybridized carbons (Fsp3) is 0.552. The molecule has 3 aromatic rings. The van der Waals surface area contributed by atoms with Gasteiger partial charge in [-0.3, -0.25) is 4.90 Å². The number of nitrogens with one attached hydrogen (secondary N) is 1. The van der Waals surface area contributed by atoms with Gasteiger partial charge in [-0.05, 0) is 50.8 Å². The summed E-state index contributed by atoms with van der Waals surface area (Å²) in [5.41, 5.74) is 3.87. The van der Waals surface area contributed by atoms with Crippen LogP contribution in [0, 0.1) is 12.7 Å². The summed E-state index contributed by atoms with van der Waals surface area (Å²) in [6.45, 7) is 3.25. The minimum atomic E-state index is -4.78. The molecule has 2 bridgehead atoms. The number of alkyl halides is 4. The van der Waals surface area contributed by atoms with Crippen LogP contribution in [0.4, 0.5) is 33.6 Å². The number of pyridine rings is 1. The van der Waals surface area contributed by atoms with E-state index in [9.17, 15) is 17.6 Å². The van der Waals surface area contributed by atoms with E-state index in [1.165, 1.54) is 19.2 Å². The van der Waals surface area contributed by atoms with Gasteiger partial charge in [-0.2, -0.15) is 18.2 Å². The molecule has 0 radical (unpaired) electrons. The van der Waals surface area contributed by atoms with Gasteiger partial charge in [-0.1, -0.05) is 11.6 Å². The van der Waals surface area contributed by atoms with Crippen molar-refractivity contribution in [1.82, 2.24) is 25.2 Å². The van der Waals surface area contributed by atoms with Crippen molar-refractivity contribution < 1.29 is 26.7 Å². The molecule has 4 aliphatic rings. The van der Waals surface area contributed by atoms with E-state index < -0.39 is 29.3 Å². The first-order valence-corrected chi connectivity index (χ1v) is 14.9. The third-order valence-corrected chi connectivity index (χ3v) is 9.78. The lowest BCUT2D eigenvalue weighted by Crippen LogP contribution is -2.52. The van der Waals surface area contributed by atoms with E-state index in [1.54, 1.807) is 4.90 Å². The number of nitrogens with zero attached hydrogens (tertiary/aromatic N) is 5. The number of nitrogens with two attached hydrogens (primary N) is 1. The maximum absolute atomic E-state index is 16.3. The van der Waals surface area contributed by atoms with Crippen LogP contribution in [0.2, 0.25) is 5.02 Å². The number of nitrogen functional groups attached to an aromatic ring is 1. The van der Waals surface area contributed by atoms with Crippen LogP contribution in [-0.2, 0) is 6.18 Å². The number of aromatic nitrogens is 3. The number of hydrogen-bond donors (Lipinski definition) is 2. The van der Waals surface area contributed by atoms with Crippen LogP contribution < -0.4 is 20.7 Å². The van der Waals surface area contributed by atoms with Crippen molar-refractivity contribution in [2.45, 2.75) is 69.0 Å². The zero-order valence-corrected chi connectivity index (χ0v) is 24.2. The molecule has 0 unspecified atom stereocenters. The van der Waals surface area contributed by atoms with Crippen LogP contribution in [0.25, 0.3) is 22.0 Å². The predicted molar refractivity (Wildman–Crippen MR) is 153 cm³/mol. The van der Waals surface area contributed by atoms with Crippen LogP contribution in [0.3, 0.4) is 0 Å². The molecule has 43 heavy (non-hydrogen) atoms. The molecular weight excluding hydrogens is 593 g/mol. The predicted octanol–water partition coefficient (Wildman–Crippen LogP) is 5.29. The van der Waals surface area contributed by atoms with Gasteiger partial charge in [0.15, 0.2) is 5.82 Å². The molecule has 14 heteroatoms. The molecule has 4 aliphatic heterocycles. The number of fused-ring (bicyclic) bond motifs is 4. The first-order chi connectivity index (χ1) is 20.4. The molecule has 0 saturated carbocycles. The summed E-state index contributed by atoms with van der Waals surface area (Å²) in [6.07, 6.45) is -0.611. The topological polar surface area (TPSA) is 92.4 Å². The van der Waals surface area contributed by atoms with Crippen molar-refractivity contribution >= 4 is 34.1 Å². The second kappa shape index (κ2) is 10.3. The van der Waals surface area contributed by atoms with Crippen LogP contribution in [-0.4, -0.2) is 76.4 Å². The van der Waals surface area contributed by atoms with Gasteiger partial charge in [0.1, 0.15) is 35.5 Å². The molecule has 0 spiro atoms. The van der Waals surface area contributed by atoms with E-state index in [1.807, 2.05) is 0 Å². The SMILES string of the molecule is Cc1c(-c2c(Cl)cc3cnc(OC[C@@]45CCCN4C[C@H](F)C5)nc3c2F)c(N)nc(N2C[C@H]3CC[C@@H](C2)N3)c1C(F)(F)F. The highest BCUT2D eigenvalue weighted by Crippen LogP contribution is 2.47. The van der Waals surface area contributed by atoms with E-state index in [0.29, 0.717) is 26.1 Å². The molecular formula is C29H31ClF5N7O. The smallest absolute Gasteiger partial charge is 0.420 e. The van der Waals surface area contributed by atoms with Gasteiger partial charge in [0.25, 0.3) is 0 Å². The summed E-state index contributed by atoms with van der Waals surface area (Å²) >= 11 is 6.50. The lowest BCUT2D eigenvalue weighted by molar-refractivity contribution is -0.137. The molecule has 230 valence electrons. The fourth-order valence-corrected chi connectivity index (χ4v) is 7.89. The molecule has 2 aromatic heterocycles. The van der Waals surface area contributed by atoms with E-state index in [4.69, 9.17) is 22.1 Å². The molecule has 1 aromatic carbocycles. The standard InChI is InChI=1S/C29H31ClF5N7O/c1-14-20(25(36)40-26(22(14)29(33,34)35)41-11-17-3-4-18(12-41)38-17)21-19(30)7-15-9-37-27(39-24(15)23(21)32)43-13-28-5-2-6-42(28)10-16(31)8-28/h7,9,16-18,38H,2-6,8,10-13H2,1H3,(H2,36,40)/t16-,17-,18+,28+/m1/s1. The van der Waals surface area contributed by atoms with Gasteiger partial charge in [-0.25, -0.2) is 18.7 Å². The van der Waals surface area contributed by atoms with Crippen molar-refractivity contribution in [2.75, 3.05) is 43.4 Å². The number of hydrogen-bond acceptors (Lipinski definition) is 8. The Labute approximate surface area is 249 Å². The van der Waals surface area contributed by atoms with Crippen molar-refractivity contribution in [3.05, 3.63) is 34.2 Å². The average Bonchev–Trinajstić information content (AvgIpc) is 3.58. The molecule has 6 heterocycles. The zero-order valence-electron chi connectivity index (χ0n) is 23.4. The monoisotopic (exact) mass is 623 g/mol. The number of halogens is 6. The van der Waals surface area contributed by atoms with Crippen molar-refractivity contribution in [3.63, 3.8) is 0 Å². The average molecular weight is 624 g/mol. The van der Waals surface area contributed by atoms with Gasteiger partial charge < -0.3 is 20.7 Å². The Balaban J connectivity index is 1.28. The molecule has 8 nitrogen and oxygen atoms in total. The van der Waals surface area contributed by atoms with Crippen LogP contribution in [0.15, 0.2) is 12.3 Å². The fourth-order valence-electron chi connectivity index (χ4n) is 7.60. The van der Waals surface area contributed by atoms with E-state index in [-0.39, 0.29) is 69.0 Å². The van der Waals surface area contributed by atoms with Gasteiger partial charge in [0, 0.05) is 60.8 Å². The summed E-state index contributed by atoms with van der Waals surface area (Å²) in [4.78, 5) is 16.3. The third-order valence-electron chi connectivity index (χ3n) is 9.48. The molecule has 4 atom stereocenters. The molecule has 7 rings (SSSR count). The second-order valence-corrected chi connectivity index (χ2v) is 12.6. The van der Waals surface area contributed by atoms with Crippen LogP contribution in [0.5, 0.6) is 6.01 Å². The van der Waals surface area contributed by atoms with E-state index in [2.05, 4.69) is 25.2 Å². The Hall–Kier alpha value is -3.03. The van der Waals surface area contributed by atoms with Crippen molar-refractivity contribution in [3.8, 4) is 17.1 Å². The van der Waals surface area contributed by atoms with Crippen molar-refractivity contribution in [2.24, 2.45) is 0 Å². The number of piperazine rings is 1. The van der Waals surface area contributed by atoms with E-state index >= 15 is 4.39 Å². The summed E-state index contributed by atoms with van der Waals surface area (Å²) in [5.74, 6) is -1.49. The molecule has 4 fully saturated rings. The lowest BCUT2D eigenvalue weighted by Gasteiger charge is -2.36. The minimum absolute atomic E-state index is 0.0646. The zero-order chi connectivity index (χ0) is 30.3. The van der Waals surface area contributed by atoms with Gasteiger partial charge in [-0.15, -0.1) is 0 Å². The third kappa shape index (κ3) is 4.83. The number of ether oxygens (including phenoxy) is 1. The largest absolute Gasteiger partial charge is 0.461 e. The maximum atomic E-state index is 16.3. The van der Waals surface area contributed by atoms with Crippen LogP contribution in [0.1, 0.15) is 43.2 Å². The number of rotatable bonds is 5. The summed E-state index contributed by atoms with van der Waals surface area (Å²) < 4.78 is 80.2. The summed E-state index contributed by atoms with van der Waals surface area (Å²) in [7, 11) is 0. The Morgan fingerprint density at radius 3 is 2.63 bits per heavy atom. The number of benzene rings is 1. The van der Waals surface area contributed by atoms with E-state index in [0.717, 1.165) is 32.2 Å². The molecule has 0 amide bonds. The molecule has 3 N–H and O–H groups in total. The summed E-state index contributed by atoms with van der Waals surface area (Å²) in [6, 6.07) is 1.39. The highest BCUT2D eigenvalue weighted by Gasteiger charge is 2.49. The maximum Gasteiger partial charge on any atom is 0.420 e. The summed E-state index contributed by atoms with van der Waals surface area (Å²) in [5, 5.41) is 3.48. The second-order valence-electron chi connectivity index (χ2n) is 12.2. The Bertz CT molecular complexity index is 1590. The van der Waals surface area contributed by atoms with Crippen molar-refractivity contribution in [1.29, 1.82) is 0 Å². The lowest BCUT2D eigenvalue weighted by atomic mass is 9.95. The highest BCUT2D eigenvalue weighted by atomic mass is 35.5. The van der Waals surface area contributed by atoms with Gasteiger partial charge >= 0.3 is 12.2 Å². The molecule has 0 aliphatic carbocycles. The Morgan fingerprint density at radius 1 is 1.16 bits per heavy atom. The van der Waals surface area contributed by atoms with Gasteiger partial charge in [0.05, 0.1) is 10.6 Å². The Morgan fingerprint density at radius 2 is 1.91 bits per heavy atom. The molecule has 4 saturated heterocycles. The quantitative estimate of drug-likeness (QED) is 0.371. The first-order valence-electron chi connectivity index (χ1n) is 14.5. The van der Waals surface area contributed by atoms with Crippen LogP contribution >= 0.6 is 11.6 Å². The Kier molecular flexibility index (Phi) is 6.86. The minimum Gasteiger partial charge on any atom is -0.461 e. The highest BCUT2D eigenvalue weighted by molar-refractivity contribution is 6.34.